The largest absolute Gasteiger partial charge is 0.360 e. The van der Waals surface area contributed by atoms with Crippen molar-refractivity contribution in [2.75, 3.05) is 43.4 Å². The molecule has 1 aliphatic heterocycles. The van der Waals surface area contributed by atoms with Crippen LogP contribution in [0.4, 0.5) is 17.3 Å². The average Bonchev–Trinajstić information content (AvgIpc) is 2.48. The van der Waals surface area contributed by atoms with Crippen molar-refractivity contribution in [2.24, 2.45) is 0 Å². The molecule has 0 amide bonds. The predicted molar refractivity (Wildman–Crippen MR) is 90.1 cm³/mol. The molecule has 0 atom stereocenters. The number of benzene rings is 1. The minimum Gasteiger partial charge on any atom is -0.360 e. The second kappa shape index (κ2) is 6.32. The Morgan fingerprint density at radius 3 is 2.18 bits per heavy atom. The van der Waals surface area contributed by atoms with Crippen LogP contribution in [0.2, 0.25) is 0 Å². The first-order chi connectivity index (χ1) is 10.6. The van der Waals surface area contributed by atoms with Crippen molar-refractivity contribution in [3.63, 3.8) is 0 Å². The van der Waals surface area contributed by atoms with E-state index in [1.165, 1.54) is 18.8 Å². The third-order valence-corrected chi connectivity index (χ3v) is 4.09. The molecule has 1 aromatic carbocycles. The van der Waals surface area contributed by atoms with Crippen LogP contribution in [0.25, 0.3) is 0 Å². The molecule has 0 bridgehead atoms. The van der Waals surface area contributed by atoms with Crippen LogP contribution in [0.15, 0.2) is 30.3 Å². The van der Waals surface area contributed by atoms with E-state index in [9.17, 15) is 0 Å². The quantitative estimate of drug-likeness (QED) is 0.893. The van der Waals surface area contributed by atoms with Crippen LogP contribution < -0.4 is 15.1 Å². The molecule has 0 aliphatic carbocycles. The Hall–Kier alpha value is -2.14. The van der Waals surface area contributed by atoms with E-state index in [1.54, 1.807) is 4.90 Å². The number of anilines is 3. The van der Waals surface area contributed by atoms with Gasteiger partial charge in [0.15, 0.2) is 0 Å². The van der Waals surface area contributed by atoms with Crippen LogP contribution in [-0.4, -0.2) is 43.2 Å². The van der Waals surface area contributed by atoms with E-state index in [-0.39, 0.29) is 0 Å². The van der Waals surface area contributed by atoms with E-state index in [4.69, 9.17) is 0 Å². The van der Waals surface area contributed by atoms with Crippen LogP contribution in [-0.2, 0) is 0 Å². The molecule has 0 unspecified atom stereocenters. The van der Waals surface area contributed by atoms with Crippen LogP contribution in [0, 0.1) is 13.8 Å². The Morgan fingerprint density at radius 1 is 1.00 bits per heavy atom. The molecule has 3 rings (SSSR count). The minimum atomic E-state index is 0.661. The highest BCUT2D eigenvalue weighted by molar-refractivity contribution is 5.59. The molecule has 0 radical (unpaired) electrons. The molecule has 2 N–H and O–H groups in total. The van der Waals surface area contributed by atoms with Gasteiger partial charge in [0.2, 0.25) is 5.95 Å². The van der Waals surface area contributed by atoms with Gasteiger partial charge < -0.3 is 15.1 Å². The fraction of sp³-hybridized carbons (Fsp3) is 0.412. The van der Waals surface area contributed by atoms with E-state index in [0.717, 1.165) is 30.2 Å². The van der Waals surface area contributed by atoms with Crippen LogP contribution in [0.5, 0.6) is 0 Å². The maximum absolute atomic E-state index is 4.41. The van der Waals surface area contributed by atoms with Gasteiger partial charge in [-0.15, -0.1) is 0 Å². The van der Waals surface area contributed by atoms with Crippen molar-refractivity contribution in [1.29, 1.82) is 0 Å². The van der Waals surface area contributed by atoms with Crippen molar-refractivity contribution < 1.29 is 4.90 Å². The summed E-state index contributed by atoms with van der Waals surface area (Å²) < 4.78 is 0. The number of nitrogens with zero attached hydrogens (tertiary/aromatic N) is 3. The summed E-state index contributed by atoms with van der Waals surface area (Å²) in [6.45, 7) is 8.63. The number of piperazine rings is 1. The van der Waals surface area contributed by atoms with Gasteiger partial charge in [-0.3, -0.25) is 0 Å². The van der Waals surface area contributed by atoms with Gasteiger partial charge in [0.05, 0.1) is 33.2 Å². The molecule has 22 heavy (non-hydrogen) atoms. The normalized spacial score (nSPS) is 15.9. The fourth-order valence-corrected chi connectivity index (χ4v) is 2.81. The Balaban J connectivity index is 1.69. The summed E-state index contributed by atoms with van der Waals surface area (Å²) in [6, 6.07) is 10.5. The van der Waals surface area contributed by atoms with Crippen molar-refractivity contribution in [3.8, 4) is 0 Å². The lowest BCUT2D eigenvalue weighted by molar-refractivity contribution is -0.880. The smallest absolute Gasteiger partial charge is 0.227 e. The number of aromatic nitrogens is 2. The first-order valence-corrected chi connectivity index (χ1v) is 7.86. The van der Waals surface area contributed by atoms with Crippen LogP contribution in [0.3, 0.4) is 0 Å². The summed E-state index contributed by atoms with van der Waals surface area (Å²) in [5.74, 6) is 0.661. The lowest BCUT2D eigenvalue weighted by Crippen LogP contribution is -3.12. The fourth-order valence-electron chi connectivity index (χ4n) is 2.81. The van der Waals surface area contributed by atoms with Gasteiger partial charge in [0.25, 0.3) is 0 Å². The van der Waals surface area contributed by atoms with Gasteiger partial charge in [-0.05, 0) is 44.2 Å². The monoisotopic (exact) mass is 298 g/mol. The molecule has 5 heteroatoms. The highest BCUT2D eigenvalue weighted by atomic mass is 15.2. The maximum atomic E-state index is 4.41. The van der Waals surface area contributed by atoms with Gasteiger partial charge >= 0.3 is 0 Å². The number of rotatable bonds is 3. The SMILES string of the molecule is Cc1cc(C)nc(Nc2ccc(N3CC[NH+](C)CC3)cc2)n1. The van der Waals surface area contributed by atoms with Crippen molar-refractivity contribution in [2.45, 2.75) is 13.8 Å². The Labute approximate surface area is 132 Å². The van der Waals surface area contributed by atoms with E-state index in [1.807, 2.05) is 19.9 Å². The van der Waals surface area contributed by atoms with Gasteiger partial charge in [-0.25, -0.2) is 9.97 Å². The third-order valence-electron chi connectivity index (χ3n) is 4.09. The van der Waals surface area contributed by atoms with Gasteiger partial charge in [-0.2, -0.15) is 0 Å². The topological polar surface area (TPSA) is 45.5 Å². The van der Waals surface area contributed by atoms with Gasteiger partial charge in [0, 0.05) is 22.8 Å². The van der Waals surface area contributed by atoms with Crippen molar-refractivity contribution in [3.05, 3.63) is 41.7 Å². The van der Waals surface area contributed by atoms with Gasteiger partial charge in [0.1, 0.15) is 0 Å². The summed E-state index contributed by atoms with van der Waals surface area (Å²) in [7, 11) is 2.26. The van der Waals surface area contributed by atoms with Gasteiger partial charge in [-0.1, -0.05) is 0 Å². The zero-order valence-corrected chi connectivity index (χ0v) is 13.6. The number of hydrogen-bond donors (Lipinski definition) is 2. The summed E-state index contributed by atoms with van der Waals surface area (Å²) >= 11 is 0. The molecule has 2 aromatic rings. The summed E-state index contributed by atoms with van der Waals surface area (Å²) in [5.41, 5.74) is 4.27. The molecular weight excluding hydrogens is 274 g/mol. The summed E-state index contributed by atoms with van der Waals surface area (Å²) in [5, 5.41) is 3.28. The number of quaternary nitrogens is 1. The zero-order chi connectivity index (χ0) is 15.5. The number of aryl methyl sites for hydroxylation is 2. The molecule has 5 nitrogen and oxygen atoms in total. The third kappa shape index (κ3) is 3.54. The Bertz CT molecular complexity index is 610. The maximum Gasteiger partial charge on any atom is 0.227 e. The van der Waals surface area contributed by atoms with E-state index >= 15 is 0 Å². The molecule has 1 saturated heterocycles. The highest BCUT2D eigenvalue weighted by Gasteiger charge is 2.16. The molecule has 116 valence electrons. The average molecular weight is 298 g/mol. The highest BCUT2D eigenvalue weighted by Crippen LogP contribution is 2.20. The zero-order valence-electron chi connectivity index (χ0n) is 13.6. The predicted octanol–water partition coefficient (Wildman–Crippen LogP) is 1.17. The molecule has 2 heterocycles. The molecule has 0 spiro atoms. The second-order valence-electron chi connectivity index (χ2n) is 6.09. The van der Waals surface area contributed by atoms with Crippen molar-refractivity contribution in [1.82, 2.24) is 9.97 Å². The lowest BCUT2D eigenvalue weighted by Gasteiger charge is -2.31. The Kier molecular flexibility index (Phi) is 4.24. The van der Waals surface area contributed by atoms with Crippen LogP contribution in [0.1, 0.15) is 11.4 Å². The minimum absolute atomic E-state index is 0.661. The number of nitrogens with one attached hydrogen (secondary N) is 2. The molecule has 0 saturated carbocycles. The molecule has 1 aliphatic rings. The Morgan fingerprint density at radius 2 is 1.59 bits per heavy atom. The molecular formula is C17H24N5+. The van der Waals surface area contributed by atoms with E-state index < -0.39 is 0 Å². The number of likely N-dealkylation sites (N-methyl/N-ethyl adjacent to an activating group) is 1. The first kappa shape index (κ1) is 14.8. The molecule has 1 fully saturated rings. The van der Waals surface area contributed by atoms with E-state index in [0.29, 0.717) is 5.95 Å². The summed E-state index contributed by atoms with van der Waals surface area (Å²) in [6.07, 6.45) is 0. The van der Waals surface area contributed by atoms with E-state index in [2.05, 4.69) is 51.5 Å². The number of hydrogen-bond acceptors (Lipinski definition) is 4. The lowest BCUT2D eigenvalue weighted by atomic mass is 10.2. The van der Waals surface area contributed by atoms with Crippen LogP contribution >= 0.6 is 0 Å². The second-order valence-corrected chi connectivity index (χ2v) is 6.09. The first-order valence-electron chi connectivity index (χ1n) is 7.86. The molecule has 1 aromatic heterocycles. The van der Waals surface area contributed by atoms with Crippen molar-refractivity contribution >= 4 is 17.3 Å². The standard InChI is InChI=1S/C17H23N5/c1-13-12-14(2)19-17(18-13)20-15-4-6-16(7-5-15)22-10-8-21(3)9-11-22/h4-7,12H,8-11H2,1-3H3,(H,18,19,20)/p+1. The summed E-state index contributed by atoms with van der Waals surface area (Å²) in [4.78, 5) is 12.9.